The van der Waals surface area contributed by atoms with Crippen molar-refractivity contribution >= 4 is 11.8 Å². The number of nitrogens with zero attached hydrogens (tertiary/aromatic N) is 1. The van der Waals surface area contributed by atoms with Gasteiger partial charge in [-0.25, -0.2) is 5.84 Å². The summed E-state index contributed by atoms with van der Waals surface area (Å²) in [4.78, 5) is 25.2. The van der Waals surface area contributed by atoms with Gasteiger partial charge in [0.05, 0.1) is 12.7 Å². The Morgan fingerprint density at radius 3 is 2.62 bits per heavy atom. The summed E-state index contributed by atoms with van der Waals surface area (Å²) in [5, 5.41) is 0. The molecule has 0 aromatic rings. The first-order valence-corrected chi connectivity index (χ1v) is 7.68. The quantitative estimate of drug-likeness (QED) is 0.416. The lowest BCUT2D eigenvalue weighted by Crippen LogP contribution is -2.45. The van der Waals surface area contributed by atoms with E-state index in [2.05, 4.69) is 5.43 Å². The Kier molecular flexibility index (Phi) is 6.41. The summed E-state index contributed by atoms with van der Waals surface area (Å²) in [5.41, 5.74) is 2.17. The van der Waals surface area contributed by atoms with Gasteiger partial charge in [0.1, 0.15) is 6.61 Å². The molecule has 2 heterocycles. The molecule has 2 fully saturated rings. The van der Waals surface area contributed by atoms with Crippen molar-refractivity contribution in [1.29, 1.82) is 0 Å². The lowest BCUT2D eigenvalue weighted by molar-refractivity contribution is -0.141. The highest BCUT2D eigenvalue weighted by Crippen LogP contribution is 2.17. The molecule has 2 rings (SSSR count). The number of hydrazine groups is 1. The van der Waals surface area contributed by atoms with Crippen LogP contribution in [0.1, 0.15) is 32.1 Å². The van der Waals surface area contributed by atoms with E-state index in [1.807, 2.05) is 0 Å². The normalized spacial score (nSPS) is 23.9. The molecule has 21 heavy (non-hydrogen) atoms. The molecule has 0 aliphatic carbocycles. The minimum atomic E-state index is -0.146. The number of hydrogen-bond acceptors (Lipinski definition) is 5. The molecular weight excluding hydrogens is 274 g/mol. The molecule has 3 N–H and O–H groups in total. The number of amides is 2. The van der Waals surface area contributed by atoms with Gasteiger partial charge in [-0.3, -0.25) is 15.0 Å². The van der Waals surface area contributed by atoms with Gasteiger partial charge >= 0.3 is 0 Å². The van der Waals surface area contributed by atoms with Gasteiger partial charge in [-0.15, -0.1) is 0 Å². The molecule has 7 nitrogen and oxygen atoms in total. The smallest absolute Gasteiger partial charge is 0.248 e. The highest BCUT2D eigenvalue weighted by atomic mass is 16.5. The number of carbonyl (C=O) groups is 2. The van der Waals surface area contributed by atoms with Crippen LogP contribution in [0.5, 0.6) is 0 Å². The monoisotopic (exact) mass is 299 g/mol. The number of hydrogen-bond donors (Lipinski definition) is 2. The van der Waals surface area contributed by atoms with Crippen LogP contribution in [0, 0.1) is 5.92 Å². The van der Waals surface area contributed by atoms with E-state index in [1.54, 1.807) is 4.90 Å². The van der Waals surface area contributed by atoms with E-state index in [-0.39, 0.29) is 30.4 Å². The summed E-state index contributed by atoms with van der Waals surface area (Å²) in [6.45, 7) is 2.53. The zero-order valence-electron chi connectivity index (χ0n) is 12.4. The summed E-state index contributed by atoms with van der Waals surface area (Å²) in [6.07, 6.45) is 4.72. The standard InChI is InChI=1S/C14H25N3O4/c15-16-14(19)11-4-6-17(7-5-11)13(18)10-20-9-12-3-1-2-8-21-12/h11-12H,1-10,15H2,(H,16,19). The minimum absolute atomic E-state index is 0.0163. The van der Waals surface area contributed by atoms with Crippen molar-refractivity contribution < 1.29 is 19.1 Å². The fourth-order valence-corrected chi connectivity index (χ4v) is 2.82. The third-order valence-electron chi connectivity index (χ3n) is 4.16. The Labute approximate surface area is 125 Å². The summed E-state index contributed by atoms with van der Waals surface area (Å²) in [5.74, 6) is 4.87. The molecular formula is C14H25N3O4. The molecule has 7 heteroatoms. The van der Waals surface area contributed by atoms with Gasteiger partial charge in [0.25, 0.3) is 0 Å². The van der Waals surface area contributed by atoms with Crippen LogP contribution in [-0.2, 0) is 19.1 Å². The van der Waals surface area contributed by atoms with Crippen molar-refractivity contribution in [3.8, 4) is 0 Å². The zero-order valence-corrected chi connectivity index (χ0v) is 12.4. The van der Waals surface area contributed by atoms with E-state index in [0.29, 0.717) is 32.5 Å². The average Bonchev–Trinajstić information content (AvgIpc) is 2.55. The summed E-state index contributed by atoms with van der Waals surface area (Å²) < 4.78 is 11.0. The van der Waals surface area contributed by atoms with E-state index >= 15 is 0 Å². The number of carbonyl (C=O) groups excluding carboxylic acids is 2. The van der Waals surface area contributed by atoms with E-state index in [4.69, 9.17) is 15.3 Å². The van der Waals surface area contributed by atoms with E-state index in [0.717, 1.165) is 19.4 Å². The number of nitrogens with two attached hydrogens (primary N) is 1. The van der Waals surface area contributed by atoms with Gasteiger partial charge in [0.15, 0.2) is 0 Å². The highest BCUT2D eigenvalue weighted by Gasteiger charge is 2.27. The van der Waals surface area contributed by atoms with Crippen molar-refractivity contribution in [2.24, 2.45) is 11.8 Å². The van der Waals surface area contributed by atoms with Crippen molar-refractivity contribution in [2.45, 2.75) is 38.2 Å². The van der Waals surface area contributed by atoms with Crippen LogP contribution in [0.25, 0.3) is 0 Å². The molecule has 120 valence electrons. The maximum Gasteiger partial charge on any atom is 0.248 e. The molecule has 2 aliphatic rings. The second-order valence-corrected chi connectivity index (χ2v) is 5.67. The van der Waals surface area contributed by atoms with Crippen LogP contribution >= 0.6 is 0 Å². The van der Waals surface area contributed by atoms with Crippen LogP contribution in [0.2, 0.25) is 0 Å². The minimum Gasteiger partial charge on any atom is -0.376 e. The van der Waals surface area contributed by atoms with E-state index in [1.165, 1.54) is 6.42 Å². The van der Waals surface area contributed by atoms with Crippen molar-refractivity contribution in [3.63, 3.8) is 0 Å². The Bertz CT molecular complexity index is 350. The molecule has 0 radical (unpaired) electrons. The van der Waals surface area contributed by atoms with Crippen LogP contribution in [0.15, 0.2) is 0 Å². The largest absolute Gasteiger partial charge is 0.376 e. The predicted molar refractivity (Wildman–Crippen MR) is 76.0 cm³/mol. The number of nitrogens with one attached hydrogen (secondary N) is 1. The third kappa shape index (κ3) is 4.94. The summed E-state index contributed by atoms with van der Waals surface area (Å²) in [7, 11) is 0. The molecule has 0 aromatic carbocycles. The van der Waals surface area contributed by atoms with Crippen molar-refractivity contribution in [1.82, 2.24) is 10.3 Å². The van der Waals surface area contributed by atoms with Gasteiger partial charge in [-0.2, -0.15) is 0 Å². The predicted octanol–water partition coefficient (Wildman–Crippen LogP) is -0.199. The number of piperidine rings is 1. The van der Waals surface area contributed by atoms with Gasteiger partial charge in [-0.05, 0) is 32.1 Å². The Morgan fingerprint density at radius 1 is 1.24 bits per heavy atom. The Morgan fingerprint density at radius 2 is 2.00 bits per heavy atom. The van der Waals surface area contributed by atoms with Gasteiger partial charge in [0, 0.05) is 25.6 Å². The molecule has 2 saturated heterocycles. The molecule has 0 bridgehead atoms. The fraction of sp³-hybridized carbons (Fsp3) is 0.857. The molecule has 1 atom stereocenters. The van der Waals surface area contributed by atoms with Crippen LogP contribution in [0.3, 0.4) is 0 Å². The Balaban J connectivity index is 1.62. The molecule has 2 aliphatic heterocycles. The van der Waals surface area contributed by atoms with Crippen molar-refractivity contribution in [3.05, 3.63) is 0 Å². The van der Waals surface area contributed by atoms with Crippen LogP contribution in [0.4, 0.5) is 0 Å². The first kappa shape index (κ1) is 16.2. The maximum absolute atomic E-state index is 12.0. The van der Waals surface area contributed by atoms with Crippen LogP contribution < -0.4 is 11.3 Å². The molecule has 1 unspecified atom stereocenters. The number of likely N-dealkylation sites (tertiary alicyclic amines) is 1. The van der Waals surface area contributed by atoms with E-state index < -0.39 is 0 Å². The highest BCUT2D eigenvalue weighted by molar-refractivity contribution is 5.80. The number of rotatable bonds is 5. The molecule has 0 spiro atoms. The Hall–Kier alpha value is -1.18. The number of ether oxygens (including phenoxy) is 2. The molecule has 0 saturated carbocycles. The lowest BCUT2D eigenvalue weighted by atomic mass is 9.96. The maximum atomic E-state index is 12.0. The summed E-state index contributed by atoms with van der Waals surface area (Å²) >= 11 is 0. The molecule has 0 aromatic heterocycles. The third-order valence-corrected chi connectivity index (χ3v) is 4.16. The van der Waals surface area contributed by atoms with Gasteiger partial charge in [-0.1, -0.05) is 0 Å². The SMILES string of the molecule is NNC(=O)C1CCN(C(=O)COCC2CCCCO2)CC1. The summed E-state index contributed by atoms with van der Waals surface area (Å²) in [6, 6.07) is 0. The molecule has 2 amide bonds. The van der Waals surface area contributed by atoms with Gasteiger partial charge < -0.3 is 14.4 Å². The first-order chi connectivity index (χ1) is 10.2. The average molecular weight is 299 g/mol. The second kappa shape index (κ2) is 8.31. The second-order valence-electron chi connectivity index (χ2n) is 5.67. The van der Waals surface area contributed by atoms with Gasteiger partial charge in [0.2, 0.25) is 11.8 Å². The van der Waals surface area contributed by atoms with Crippen LogP contribution in [-0.4, -0.2) is 55.7 Å². The lowest BCUT2D eigenvalue weighted by Gasteiger charge is -2.31. The van der Waals surface area contributed by atoms with E-state index in [9.17, 15) is 9.59 Å². The zero-order chi connectivity index (χ0) is 15.1. The topological polar surface area (TPSA) is 93.9 Å². The first-order valence-electron chi connectivity index (χ1n) is 7.68. The van der Waals surface area contributed by atoms with Crippen molar-refractivity contribution in [2.75, 3.05) is 32.9 Å². The fourth-order valence-electron chi connectivity index (χ4n) is 2.82.